The average molecular weight is 326 g/mol. The lowest BCUT2D eigenvalue weighted by Gasteiger charge is -2.17. The number of rotatable bonds is 4. The van der Waals surface area contributed by atoms with E-state index < -0.39 is 17.7 Å². The van der Waals surface area contributed by atoms with Gasteiger partial charge in [0.15, 0.2) is 0 Å². The smallest absolute Gasteiger partial charge is 0.262 e. The topological polar surface area (TPSA) is 66.5 Å². The molecule has 1 N–H and O–H groups in total. The zero-order valence-electron chi connectivity index (χ0n) is 13.0. The molecular formula is C18H15FN2O3. The molecule has 0 aromatic heterocycles. The SMILES string of the molecule is CC(NC(=O)CN1C(=O)c2ccccc2C1=O)c1ccc(F)cc1. The highest BCUT2D eigenvalue weighted by Gasteiger charge is 2.36. The van der Waals surface area contributed by atoms with E-state index in [9.17, 15) is 18.8 Å². The first kappa shape index (κ1) is 15.9. The summed E-state index contributed by atoms with van der Waals surface area (Å²) in [5.41, 5.74) is 1.34. The highest BCUT2D eigenvalue weighted by molar-refractivity contribution is 6.22. The van der Waals surface area contributed by atoms with E-state index in [-0.39, 0.29) is 18.4 Å². The average Bonchev–Trinajstić information content (AvgIpc) is 2.81. The number of nitrogens with zero attached hydrogens (tertiary/aromatic N) is 1. The van der Waals surface area contributed by atoms with Gasteiger partial charge in [-0.1, -0.05) is 24.3 Å². The fourth-order valence-electron chi connectivity index (χ4n) is 2.65. The number of carbonyl (C=O) groups excluding carboxylic acids is 3. The van der Waals surface area contributed by atoms with Crippen molar-refractivity contribution in [1.29, 1.82) is 0 Å². The molecule has 0 aliphatic carbocycles. The molecule has 1 heterocycles. The molecule has 1 aliphatic rings. The van der Waals surface area contributed by atoms with E-state index >= 15 is 0 Å². The Balaban J connectivity index is 1.66. The second-order valence-corrected chi connectivity index (χ2v) is 5.58. The molecule has 0 radical (unpaired) electrons. The van der Waals surface area contributed by atoms with E-state index in [0.717, 1.165) is 10.5 Å². The Kier molecular flexibility index (Phi) is 4.12. The number of benzene rings is 2. The van der Waals surface area contributed by atoms with Gasteiger partial charge >= 0.3 is 0 Å². The molecule has 0 bridgehead atoms. The number of nitrogens with one attached hydrogen (secondary N) is 1. The zero-order valence-corrected chi connectivity index (χ0v) is 13.0. The van der Waals surface area contributed by atoms with Crippen LogP contribution in [0.15, 0.2) is 48.5 Å². The van der Waals surface area contributed by atoms with Crippen molar-refractivity contribution in [3.8, 4) is 0 Å². The Bertz CT molecular complexity index is 782. The molecule has 5 nitrogen and oxygen atoms in total. The Morgan fingerprint density at radius 1 is 1.04 bits per heavy atom. The van der Waals surface area contributed by atoms with Crippen LogP contribution in [0.1, 0.15) is 39.2 Å². The van der Waals surface area contributed by atoms with Gasteiger partial charge in [0.25, 0.3) is 11.8 Å². The Morgan fingerprint density at radius 3 is 2.12 bits per heavy atom. The van der Waals surface area contributed by atoms with Gasteiger partial charge in [-0.2, -0.15) is 0 Å². The van der Waals surface area contributed by atoms with Gasteiger partial charge < -0.3 is 5.32 Å². The van der Waals surface area contributed by atoms with Crippen LogP contribution in [0.2, 0.25) is 0 Å². The Morgan fingerprint density at radius 2 is 1.58 bits per heavy atom. The van der Waals surface area contributed by atoms with Gasteiger partial charge in [-0.3, -0.25) is 19.3 Å². The number of fused-ring (bicyclic) bond motifs is 1. The minimum Gasteiger partial charge on any atom is -0.348 e. The summed E-state index contributed by atoms with van der Waals surface area (Å²) in [5.74, 6) is -1.76. The zero-order chi connectivity index (χ0) is 17.3. The number of hydrogen-bond donors (Lipinski definition) is 1. The van der Waals surface area contributed by atoms with Crippen LogP contribution in [0.5, 0.6) is 0 Å². The van der Waals surface area contributed by atoms with Crippen LogP contribution in [0.25, 0.3) is 0 Å². The third-order valence-electron chi connectivity index (χ3n) is 3.93. The van der Waals surface area contributed by atoms with E-state index in [4.69, 9.17) is 0 Å². The monoisotopic (exact) mass is 326 g/mol. The van der Waals surface area contributed by atoms with Crippen LogP contribution in [0, 0.1) is 5.82 Å². The lowest BCUT2D eigenvalue weighted by molar-refractivity contribution is -0.122. The van der Waals surface area contributed by atoms with Crippen molar-refractivity contribution in [3.63, 3.8) is 0 Å². The minimum atomic E-state index is -0.472. The maximum absolute atomic E-state index is 12.9. The van der Waals surface area contributed by atoms with E-state index in [1.807, 2.05) is 0 Å². The molecular weight excluding hydrogens is 311 g/mol. The van der Waals surface area contributed by atoms with Crippen molar-refractivity contribution < 1.29 is 18.8 Å². The van der Waals surface area contributed by atoms with Gasteiger partial charge in [0.05, 0.1) is 17.2 Å². The predicted octanol–water partition coefficient (Wildman–Crippen LogP) is 2.30. The fourth-order valence-corrected chi connectivity index (χ4v) is 2.65. The molecule has 2 aromatic rings. The molecule has 122 valence electrons. The van der Waals surface area contributed by atoms with Gasteiger partial charge in [-0.25, -0.2) is 4.39 Å². The van der Waals surface area contributed by atoms with Crippen molar-refractivity contribution in [2.24, 2.45) is 0 Å². The fraction of sp³-hybridized carbons (Fsp3) is 0.167. The number of imide groups is 1. The maximum Gasteiger partial charge on any atom is 0.262 e. The second-order valence-electron chi connectivity index (χ2n) is 5.58. The first-order valence-electron chi connectivity index (χ1n) is 7.47. The maximum atomic E-state index is 12.9. The van der Waals surface area contributed by atoms with Crippen molar-refractivity contribution in [1.82, 2.24) is 10.2 Å². The summed E-state index contributed by atoms with van der Waals surface area (Å²) in [7, 11) is 0. The molecule has 0 spiro atoms. The van der Waals surface area contributed by atoms with Crippen LogP contribution in [0.3, 0.4) is 0 Å². The molecule has 1 unspecified atom stereocenters. The molecule has 1 aliphatic heterocycles. The molecule has 24 heavy (non-hydrogen) atoms. The normalized spacial score (nSPS) is 14.5. The number of carbonyl (C=O) groups is 3. The molecule has 3 amide bonds. The first-order valence-corrected chi connectivity index (χ1v) is 7.47. The van der Waals surface area contributed by atoms with Crippen molar-refractivity contribution in [2.45, 2.75) is 13.0 Å². The van der Waals surface area contributed by atoms with Crippen molar-refractivity contribution in [3.05, 3.63) is 71.0 Å². The van der Waals surface area contributed by atoms with Gasteiger partial charge in [-0.05, 0) is 36.8 Å². The number of amides is 3. The van der Waals surface area contributed by atoms with Crippen LogP contribution in [0.4, 0.5) is 4.39 Å². The summed E-state index contributed by atoms with van der Waals surface area (Å²) < 4.78 is 12.9. The van der Waals surface area contributed by atoms with Crippen LogP contribution >= 0.6 is 0 Å². The van der Waals surface area contributed by atoms with Crippen LogP contribution in [-0.4, -0.2) is 29.2 Å². The quantitative estimate of drug-likeness (QED) is 0.877. The van der Waals surface area contributed by atoms with Gasteiger partial charge in [0.1, 0.15) is 12.4 Å². The van der Waals surface area contributed by atoms with Gasteiger partial charge in [0, 0.05) is 0 Å². The molecule has 2 aromatic carbocycles. The number of hydrogen-bond acceptors (Lipinski definition) is 3. The van der Waals surface area contributed by atoms with Gasteiger partial charge in [0.2, 0.25) is 5.91 Å². The van der Waals surface area contributed by atoms with Crippen molar-refractivity contribution >= 4 is 17.7 Å². The predicted molar refractivity (Wildman–Crippen MR) is 84.8 cm³/mol. The summed E-state index contributed by atoms with van der Waals surface area (Å²) in [6.45, 7) is 1.39. The summed E-state index contributed by atoms with van der Waals surface area (Å²) in [4.78, 5) is 37.5. The van der Waals surface area contributed by atoms with Crippen molar-refractivity contribution in [2.75, 3.05) is 6.54 Å². The van der Waals surface area contributed by atoms with Crippen LogP contribution < -0.4 is 5.32 Å². The lowest BCUT2D eigenvalue weighted by Crippen LogP contribution is -2.41. The minimum absolute atomic E-state index is 0.307. The summed E-state index contributed by atoms with van der Waals surface area (Å²) in [5, 5.41) is 2.70. The van der Waals surface area contributed by atoms with E-state index in [2.05, 4.69) is 5.32 Å². The number of halogens is 1. The summed E-state index contributed by atoms with van der Waals surface area (Å²) in [6, 6.07) is 11.9. The molecule has 3 rings (SSSR count). The lowest BCUT2D eigenvalue weighted by atomic mass is 10.1. The van der Waals surface area contributed by atoms with Gasteiger partial charge in [-0.15, -0.1) is 0 Å². The molecule has 0 saturated carbocycles. The summed E-state index contributed by atoms with van der Waals surface area (Å²) in [6.07, 6.45) is 0. The molecule has 0 fully saturated rings. The molecule has 1 atom stereocenters. The second kappa shape index (κ2) is 6.23. The third-order valence-corrected chi connectivity index (χ3v) is 3.93. The molecule has 6 heteroatoms. The standard InChI is InChI=1S/C18H15FN2O3/c1-11(12-6-8-13(19)9-7-12)20-16(22)10-21-17(23)14-4-2-3-5-15(14)18(21)24/h2-9,11H,10H2,1H3,(H,20,22). The van der Waals surface area contributed by atoms with Crippen LogP contribution in [-0.2, 0) is 4.79 Å². The highest BCUT2D eigenvalue weighted by Crippen LogP contribution is 2.22. The largest absolute Gasteiger partial charge is 0.348 e. The highest BCUT2D eigenvalue weighted by atomic mass is 19.1. The third kappa shape index (κ3) is 2.90. The first-order chi connectivity index (χ1) is 11.5. The van der Waals surface area contributed by atoms with E-state index in [1.54, 1.807) is 43.3 Å². The molecule has 0 saturated heterocycles. The van der Waals surface area contributed by atoms with E-state index in [0.29, 0.717) is 11.1 Å². The van der Waals surface area contributed by atoms with E-state index in [1.165, 1.54) is 12.1 Å². The summed E-state index contributed by atoms with van der Waals surface area (Å²) >= 11 is 0. The Hall–Kier alpha value is -3.02. The Labute approximate surface area is 138 Å².